The second-order valence-corrected chi connectivity index (χ2v) is 6.32. The van der Waals surface area contributed by atoms with Crippen LogP contribution in [0.2, 0.25) is 6.32 Å². The van der Waals surface area contributed by atoms with Crippen molar-refractivity contribution in [1.29, 1.82) is 0 Å². The summed E-state index contributed by atoms with van der Waals surface area (Å²) in [6.07, 6.45) is 1.81. The first-order valence-corrected chi connectivity index (χ1v) is 8.54. The van der Waals surface area contributed by atoms with Crippen molar-refractivity contribution in [3.8, 4) is 0 Å². The van der Waals surface area contributed by atoms with Crippen molar-refractivity contribution in [1.82, 2.24) is 0 Å². The molecule has 3 aromatic carbocycles. The lowest BCUT2D eigenvalue weighted by molar-refractivity contribution is 0.542. The summed E-state index contributed by atoms with van der Waals surface area (Å²) in [6, 6.07) is 18.7. The summed E-state index contributed by atoms with van der Waals surface area (Å²) in [6.45, 7) is 0. The highest BCUT2D eigenvalue weighted by atomic mass is 19.1. The van der Waals surface area contributed by atoms with Crippen LogP contribution in [-0.2, 0) is 5.41 Å². The van der Waals surface area contributed by atoms with Crippen LogP contribution in [0.3, 0.4) is 0 Å². The minimum absolute atomic E-state index is 0.334. The molecule has 0 aliphatic heterocycles. The molecule has 0 spiro atoms. The first-order chi connectivity index (χ1) is 12.6. The second kappa shape index (κ2) is 7.82. The number of halogens is 3. The lowest BCUT2D eigenvalue weighted by Crippen LogP contribution is -2.29. The molecule has 0 aliphatic carbocycles. The van der Waals surface area contributed by atoms with E-state index in [9.17, 15) is 13.2 Å². The normalized spacial score (nSPS) is 11.5. The van der Waals surface area contributed by atoms with Crippen molar-refractivity contribution in [3.05, 3.63) is 107 Å². The Morgan fingerprint density at radius 3 is 1.15 bits per heavy atom. The van der Waals surface area contributed by atoms with E-state index in [0.29, 0.717) is 19.2 Å². The molecule has 4 heteroatoms. The fourth-order valence-electron chi connectivity index (χ4n) is 3.50. The van der Waals surface area contributed by atoms with E-state index in [0.717, 1.165) is 16.7 Å². The Balaban J connectivity index is 2.27. The van der Waals surface area contributed by atoms with Crippen molar-refractivity contribution in [2.75, 3.05) is 0 Å². The van der Waals surface area contributed by atoms with Gasteiger partial charge >= 0.3 is 0 Å². The topological polar surface area (TPSA) is 0 Å². The molecule has 3 rings (SSSR count). The fraction of sp³-hybridized carbons (Fsp3) is 0.182. The van der Waals surface area contributed by atoms with E-state index in [2.05, 4.69) is 0 Å². The van der Waals surface area contributed by atoms with Gasteiger partial charge in [-0.3, -0.25) is 0 Å². The quantitative estimate of drug-likeness (QED) is 0.389. The monoisotopic (exact) mass is 350 g/mol. The highest BCUT2D eigenvalue weighted by Crippen LogP contribution is 2.43. The predicted octanol–water partition coefficient (Wildman–Crippen LogP) is 5.81. The average molecular weight is 350 g/mol. The van der Waals surface area contributed by atoms with Crippen LogP contribution in [0.15, 0.2) is 72.8 Å². The van der Waals surface area contributed by atoms with Gasteiger partial charge in [-0.25, -0.2) is 13.2 Å². The predicted molar refractivity (Wildman–Crippen MR) is 98.9 cm³/mol. The molecule has 2 radical (unpaired) electrons. The summed E-state index contributed by atoms with van der Waals surface area (Å²) in [5, 5.41) is 0. The van der Waals surface area contributed by atoms with Gasteiger partial charge in [0.05, 0.1) is 7.85 Å². The van der Waals surface area contributed by atoms with Crippen LogP contribution in [0.1, 0.15) is 29.5 Å². The molecule has 0 fully saturated rings. The summed E-state index contributed by atoms with van der Waals surface area (Å²) < 4.78 is 40.6. The van der Waals surface area contributed by atoms with E-state index >= 15 is 0 Å². The lowest BCUT2D eigenvalue weighted by atomic mass is 9.66. The van der Waals surface area contributed by atoms with E-state index in [1.807, 2.05) is 0 Å². The van der Waals surface area contributed by atoms with Gasteiger partial charge in [0, 0.05) is 5.41 Å². The SMILES string of the molecule is [B]CCCC(c1ccc(F)cc1)(c1ccc(F)cc1)c1ccc(F)cc1. The molecular weight excluding hydrogens is 332 g/mol. The van der Waals surface area contributed by atoms with Crippen LogP contribution in [0, 0.1) is 17.5 Å². The van der Waals surface area contributed by atoms with Gasteiger partial charge in [-0.15, -0.1) is 0 Å². The number of hydrogen-bond donors (Lipinski definition) is 0. The van der Waals surface area contributed by atoms with Crippen molar-refractivity contribution in [2.24, 2.45) is 0 Å². The van der Waals surface area contributed by atoms with E-state index in [4.69, 9.17) is 7.85 Å². The zero-order valence-corrected chi connectivity index (χ0v) is 14.3. The highest BCUT2D eigenvalue weighted by molar-refractivity contribution is 6.08. The molecule has 0 saturated carbocycles. The Morgan fingerprint density at radius 2 is 0.885 bits per heavy atom. The van der Waals surface area contributed by atoms with E-state index in [1.54, 1.807) is 36.4 Å². The Hall–Kier alpha value is -2.49. The van der Waals surface area contributed by atoms with Crippen molar-refractivity contribution in [2.45, 2.75) is 24.6 Å². The van der Waals surface area contributed by atoms with Gasteiger partial charge in [0.15, 0.2) is 0 Å². The Kier molecular flexibility index (Phi) is 5.50. The van der Waals surface area contributed by atoms with Crippen molar-refractivity contribution in [3.63, 3.8) is 0 Å². The molecule has 0 aromatic heterocycles. The molecule has 26 heavy (non-hydrogen) atoms. The molecule has 0 bridgehead atoms. The minimum Gasteiger partial charge on any atom is -0.207 e. The molecule has 0 saturated heterocycles. The maximum Gasteiger partial charge on any atom is 0.123 e. The number of rotatable bonds is 6. The van der Waals surface area contributed by atoms with Crippen molar-refractivity contribution >= 4 is 7.85 Å². The highest BCUT2D eigenvalue weighted by Gasteiger charge is 2.35. The molecule has 0 unspecified atom stereocenters. The van der Waals surface area contributed by atoms with E-state index in [1.165, 1.54) is 36.4 Å². The second-order valence-electron chi connectivity index (χ2n) is 6.32. The molecule has 0 aliphatic rings. The van der Waals surface area contributed by atoms with E-state index in [-0.39, 0.29) is 17.5 Å². The lowest BCUT2D eigenvalue weighted by Gasteiger charge is -2.36. The molecule has 0 N–H and O–H groups in total. The summed E-state index contributed by atoms with van der Waals surface area (Å²) in [5.74, 6) is -1.00. The maximum absolute atomic E-state index is 13.5. The van der Waals surface area contributed by atoms with Gasteiger partial charge in [0.1, 0.15) is 17.5 Å². The van der Waals surface area contributed by atoms with Gasteiger partial charge in [-0.1, -0.05) is 49.1 Å². The van der Waals surface area contributed by atoms with Gasteiger partial charge in [0.25, 0.3) is 0 Å². The molecule has 0 atom stereocenters. The molecular formula is C22H18BF3. The molecule has 130 valence electrons. The third-order valence-electron chi connectivity index (χ3n) is 4.77. The Morgan fingerprint density at radius 1 is 0.577 bits per heavy atom. The van der Waals surface area contributed by atoms with Gasteiger partial charge in [-0.05, 0) is 59.5 Å². The average Bonchev–Trinajstić information content (AvgIpc) is 2.66. The summed E-state index contributed by atoms with van der Waals surface area (Å²) >= 11 is 0. The minimum atomic E-state index is -0.672. The van der Waals surface area contributed by atoms with Crippen LogP contribution in [-0.4, -0.2) is 7.85 Å². The molecule has 0 nitrogen and oxygen atoms in total. The van der Waals surface area contributed by atoms with Crippen LogP contribution in [0.25, 0.3) is 0 Å². The van der Waals surface area contributed by atoms with Crippen LogP contribution in [0.4, 0.5) is 13.2 Å². The summed E-state index contributed by atoms with van der Waals surface area (Å²) in [5.41, 5.74) is 1.88. The zero-order chi connectivity index (χ0) is 18.6. The smallest absolute Gasteiger partial charge is 0.123 e. The summed E-state index contributed by atoms with van der Waals surface area (Å²) in [7, 11) is 5.76. The molecule has 0 amide bonds. The first-order valence-electron chi connectivity index (χ1n) is 8.54. The van der Waals surface area contributed by atoms with E-state index < -0.39 is 5.41 Å². The Bertz CT molecular complexity index is 729. The third kappa shape index (κ3) is 3.55. The van der Waals surface area contributed by atoms with Crippen LogP contribution >= 0.6 is 0 Å². The van der Waals surface area contributed by atoms with Gasteiger partial charge < -0.3 is 0 Å². The Labute approximate surface area is 153 Å². The largest absolute Gasteiger partial charge is 0.207 e. The van der Waals surface area contributed by atoms with Crippen molar-refractivity contribution < 1.29 is 13.2 Å². The maximum atomic E-state index is 13.5. The standard InChI is InChI=1S/C22H18BF3/c23-15-1-14-22(16-2-8-19(24)9-3-16,17-4-10-20(25)11-5-17)18-6-12-21(26)13-7-18/h2-13H,1,14-15H2. The number of hydrogen-bond acceptors (Lipinski definition) is 0. The number of benzene rings is 3. The van der Waals surface area contributed by atoms with Gasteiger partial charge in [-0.2, -0.15) is 0 Å². The zero-order valence-electron chi connectivity index (χ0n) is 14.3. The fourth-order valence-corrected chi connectivity index (χ4v) is 3.50. The third-order valence-corrected chi connectivity index (χ3v) is 4.77. The first kappa shape index (κ1) is 18.3. The summed E-state index contributed by atoms with van der Waals surface area (Å²) in [4.78, 5) is 0. The molecule has 0 heterocycles. The van der Waals surface area contributed by atoms with Crippen LogP contribution < -0.4 is 0 Å². The molecule has 3 aromatic rings. The van der Waals surface area contributed by atoms with Crippen LogP contribution in [0.5, 0.6) is 0 Å². The van der Waals surface area contributed by atoms with Gasteiger partial charge in [0.2, 0.25) is 0 Å².